The van der Waals surface area contributed by atoms with Gasteiger partial charge < -0.3 is 10.2 Å². The molecule has 0 fully saturated rings. The van der Waals surface area contributed by atoms with Crippen LogP contribution in [0.15, 0.2) is 49.1 Å². The standard InChI is InChI=1S/C11H7NO4.C3H4O2/c13-11(14)10-8-4-2-1-3-7(8)5-6-9(10)12(15)16;1-2-3(4)5/h1-6H,(H,13,14);2H,1H2,(H,4,5). The van der Waals surface area contributed by atoms with Crippen molar-refractivity contribution < 1.29 is 24.7 Å². The molecule has 0 radical (unpaired) electrons. The number of carbonyl (C=O) groups is 2. The van der Waals surface area contributed by atoms with E-state index < -0.39 is 16.9 Å². The molecule has 0 saturated heterocycles. The Labute approximate surface area is 118 Å². The molecule has 7 nitrogen and oxygen atoms in total. The summed E-state index contributed by atoms with van der Waals surface area (Å²) in [5.74, 6) is -2.27. The van der Waals surface area contributed by atoms with E-state index >= 15 is 0 Å². The maximum Gasteiger partial charge on any atom is 0.343 e. The van der Waals surface area contributed by atoms with Gasteiger partial charge in [-0.1, -0.05) is 30.8 Å². The fraction of sp³-hybridized carbons (Fsp3) is 0. The second-order valence-corrected chi connectivity index (χ2v) is 3.79. The van der Waals surface area contributed by atoms with Gasteiger partial charge in [0.1, 0.15) is 5.56 Å². The van der Waals surface area contributed by atoms with E-state index in [9.17, 15) is 19.7 Å². The first-order chi connectivity index (χ1) is 9.88. The lowest BCUT2D eigenvalue weighted by Gasteiger charge is -2.02. The first-order valence-corrected chi connectivity index (χ1v) is 5.63. The van der Waals surface area contributed by atoms with Crippen LogP contribution in [-0.2, 0) is 4.79 Å². The summed E-state index contributed by atoms with van der Waals surface area (Å²) in [7, 11) is 0. The fourth-order valence-electron chi connectivity index (χ4n) is 1.64. The molecular formula is C14H11NO6. The van der Waals surface area contributed by atoms with Gasteiger partial charge in [0, 0.05) is 17.5 Å². The van der Waals surface area contributed by atoms with Crippen LogP contribution >= 0.6 is 0 Å². The van der Waals surface area contributed by atoms with Gasteiger partial charge in [0.05, 0.1) is 4.92 Å². The van der Waals surface area contributed by atoms with Crippen LogP contribution in [0.4, 0.5) is 5.69 Å². The Kier molecular flexibility index (Phi) is 5.13. The number of hydrogen-bond donors (Lipinski definition) is 2. The van der Waals surface area contributed by atoms with Gasteiger partial charge in [0.2, 0.25) is 0 Å². The number of aromatic carboxylic acids is 1. The summed E-state index contributed by atoms with van der Waals surface area (Å²) in [4.78, 5) is 30.3. The van der Waals surface area contributed by atoms with Crippen LogP contribution in [0.1, 0.15) is 10.4 Å². The molecule has 0 aliphatic heterocycles. The lowest BCUT2D eigenvalue weighted by molar-refractivity contribution is -0.385. The largest absolute Gasteiger partial charge is 0.478 e. The van der Waals surface area contributed by atoms with Crippen LogP contribution in [0.5, 0.6) is 0 Å². The number of carboxylic acid groups (broad SMARTS) is 2. The smallest absolute Gasteiger partial charge is 0.343 e. The Hall–Kier alpha value is -3.22. The molecule has 7 heteroatoms. The second-order valence-electron chi connectivity index (χ2n) is 3.79. The van der Waals surface area contributed by atoms with Crippen molar-refractivity contribution in [1.29, 1.82) is 0 Å². The minimum Gasteiger partial charge on any atom is -0.478 e. The number of aliphatic carboxylic acids is 1. The zero-order valence-electron chi connectivity index (χ0n) is 10.7. The van der Waals surface area contributed by atoms with Crippen molar-refractivity contribution in [3.8, 4) is 0 Å². The van der Waals surface area contributed by atoms with Crippen LogP contribution in [0.25, 0.3) is 10.8 Å². The van der Waals surface area contributed by atoms with Crippen molar-refractivity contribution in [2.75, 3.05) is 0 Å². The normalized spacial score (nSPS) is 9.33. The number of nitro groups is 1. The van der Waals surface area contributed by atoms with Gasteiger partial charge >= 0.3 is 11.9 Å². The summed E-state index contributed by atoms with van der Waals surface area (Å²) < 4.78 is 0. The summed E-state index contributed by atoms with van der Waals surface area (Å²) in [5, 5.41) is 28.4. The molecule has 0 atom stereocenters. The van der Waals surface area contributed by atoms with Crippen LogP contribution in [0.3, 0.4) is 0 Å². The maximum atomic E-state index is 11.0. The van der Waals surface area contributed by atoms with Gasteiger partial charge in [0.25, 0.3) is 5.69 Å². The number of fused-ring (bicyclic) bond motifs is 1. The van der Waals surface area contributed by atoms with Crippen LogP contribution in [0, 0.1) is 10.1 Å². The fourth-order valence-corrected chi connectivity index (χ4v) is 1.64. The summed E-state index contributed by atoms with van der Waals surface area (Å²) in [5.41, 5.74) is -0.644. The molecule has 0 aromatic heterocycles. The van der Waals surface area contributed by atoms with Crippen molar-refractivity contribution in [2.45, 2.75) is 0 Å². The molecular weight excluding hydrogens is 278 g/mol. The topological polar surface area (TPSA) is 118 Å². The van der Waals surface area contributed by atoms with Crippen molar-refractivity contribution in [3.05, 3.63) is 64.7 Å². The van der Waals surface area contributed by atoms with Crippen molar-refractivity contribution in [2.24, 2.45) is 0 Å². The Balaban J connectivity index is 0.000000383. The van der Waals surface area contributed by atoms with E-state index in [0.717, 1.165) is 6.08 Å². The Morgan fingerprint density at radius 3 is 2.19 bits per heavy atom. The zero-order chi connectivity index (χ0) is 16.0. The third-order valence-electron chi connectivity index (χ3n) is 2.49. The highest BCUT2D eigenvalue weighted by Gasteiger charge is 2.22. The van der Waals surface area contributed by atoms with Gasteiger partial charge in [-0.2, -0.15) is 0 Å². The minimum absolute atomic E-state index is 0.261. The van der Waals surface area contributed by atoms with E-state index in [4.69, 9.17) is 10.2 Å². The molecule has 0 spiro atoms. The number of nitro benzene ring substituents is 1. The highest BCUT2D eigenvalue weighted by molar-refractivity contribution is 6.07. The minimum atomic E-state index is -1.29. The van der Waals surface area contributed by atoms with Crippen LogP contribution < -0.4 is 0 Å². The van der Waals surface area contributed by atoms with Crippen LogP contribution in [-0.4, -0.2) is 27.1 Å². The van der Waals surface area contributed by atoms with E-state index in [0.29, 0.717) is 10.8 Å². The van der Waals surface area contributed by atoms with Gasteiger partial charge in [-0.3, -0.25) is 10.1 Å². The predicted molar refractivity (Wildman–Crippen MR) is 75.4 cm³/mol. The summed E-state index contributed by atoms with van der Waals surface area (Å²) >= 11 is 0. The third-order valence-corrected chi connectivity index (χ3v) is 2.49. The molecule has 2 aromatic carbocycles. The van der Waals surface area contributed by atoms with Crippen molar-refractivity contribution in [1.82, 2.24) is 0 Å². The Morgan fingerprint density at radius 2 is 1.71 bits per heavy atom. The molecule has 2 N–H and O–H groups in total. The molecule has 0 aliphatic rings. The highest BCUT2D eigenvalue weighted by Crippen LogP contribution is 2.27. The molecule has 0 saturated carbocycles. The van der Waals surface area contributed by atoms with E-state index in [1.165, 1.54) is 6.07 Å². The van der Waals surface area contributed by atoms with Crippen LogP contribution in [0.2, 0.25) is 0 Å². The first-order valence-electron chi connectivity index (χ1n) is 5.63. The molecule has 0 amide bonds. The molecule has 0 aliphatic carbocycles. The van der Waals surface area contributed by atoms with E-state index in [1.54, 1.807) is 30.3 Å². The quantitative estimate of drug-likeness (QED) is 0.509. The summed E-state index contributed by atoms with van der Waals surface area (Å²) in [6.07, 6.45) is 0.833. The van der Waals surface area contributed by atoms with Gasteiger partial charge in [-0.05, 0) is 11.5 Å². The lowest BCUT2D eigenvalue weighted by Crippen LogP contribution is -2.03. The first kappa shape index (κ1) is 15.8. The maximum absolute atomic E-state index is 11.0. The summed E-state index contributed by atoms with van der Waals surface area (Å²) in [6, 6.07) is 9.43. The highest BCUT2D eigenvalue weighted by atomic mass is 16.6. The number of nitrogens with zero attached hydrogens (tertiary/aromatic N) is 1. The Bertz CT molecular complexity index is 722. The third kappa shape index (κ3) is 3.87. The second kappa shape index (κ2) is 6.80. The molecule has 0 bridgehead atoms. The van der Waals surface area contributed by atoms with Crippen molar-refractivity contribution >= 4 is 28.4 Å². The summed E-state index contributed by atoms with van der Waals surface area (Å²) in [6.45, 7) is 2.96. The van der Waals surface area contributed by atoms with Crippen molar-refractivity contribution in [3.63, 3.8) is 0 Å². The van der Waals surface area contributed by atoms with Gasteiger partial charge in [-0.15, -0.1) is 0 Å². The van der Waals surface area contributed by atoms with E-state index in [2.05, 4.69) is 6.58 Å². The number of rotatable bonds is 3. The lowest BCUT2D eigenvalue weighted by atomic mass is 10.0. The number of carboxylic acids is 2. The Morgan fingerprint density at radius 1 is 1.14 bits per heavy atom. The molecule has 21 heavy (non-hydrogen) atoms. The average Bonchev–Trinajstić information content (AvgIpc) is 2.46. The number of benzene rings is 2. The van der Waals surface area contributed by atoms with E-state index in [1.807, 2.05) is 0 Å². The molecule has 2 aromatic rings. The molecule has 2 rings (SSSR count). The molecule has 108 valence electrons. The van der Waals surface area contributed by atoms with Gasteiger partial charge in [-0.25, -0.2) is 9.59 Å². The monoisotopic (exact) mass is 289 g/mol. The van der Waals surface area contributed by atoms with Gasteiger partial charge in [0.15, 0.2) is 0 Å². The average molecular weight is 289 g/mol. The van der Waals surface area contributed by atoms with E-state index in [-0.39, 0.29) is 11.3 Å². The predicted octanol–water partition coefficient (Wildman–Crippen LogP) is 2.70. The SMILES string of the molecule is C=CC(=O)O.O=C(O)c1c([N+](=O)[O-])ccc2ccccc12. The molecule has 0 unspecified atom stereocenters. The molecule has 0 heterocycles. The number of hydrogen-bond acceptors (Lipinski definition) is 4. The zero-order valence-corrected chi connectivity index (χ0v) is 10.7.